The molecule has 0 fully saturated rings. The summed E-state index contributed by atoms with van der Waals surface area (Å²) in [6.07, 6.45) is -2.67. The lowest BCUT2D eigenvalue weighted by Crippen LogP contribution is -2.03. The van der Waals surface area contributed by atoms with Gasteiger partial charge in [-0.1, -0.05) is 0 Å². The van der Waals surface area contributed by atoms with Crippen LogP contribution in [-0.2, 0) is 0 Å². The van der Waals surface area contributed by atoms with Crippen LogP contribution < -0.4 is 11.5 Å². The summed E-state index contributed by atoms with van der Waals surface area (Å²) in [5.41, 5.74) is 8.06. The van der Waals surface area contributed by atoms with Crippen LogP contribution in [0.5, 0.6) is 0 Å². The van der Waals surface area contributed by atoms with Gasteiger partial charge < -0.3 is 21.7 Å². The van der Waals surface area contributed by atoms with Gasteiger partial charge in [-0.3, -0.25) is 0 Å². The van der Waals surface area contributed by atoms with Crippen LogP contribution in [0.4, 0.5) is 9.59 Å². The number of amides is 2. The van der Waals surface area contributed by atoms with Gasteiger partial charge in [0.2, 0.25) is 0 Å². The predicted molar refractivity (Wildman–Crippen MR) is 35.8 cm³/mol. The molecule has 0 heterocycles. The first-order valence-corrected chi connectivity index (χ1v) is 1.43. The smallest absolute Gasteiger partial charge is 0.402 e. The molecule has 0 aromatic heterocycles. The molecule has 2 amide bonds. The number of hydrogen-bond donors (Lipinski definition) is 4. The molecule has 0 bridgehead atoms. The van der Waals surface area contributed by atoms with Crippen molar-refractivity contribution in [3.8, 4) is 0 Å². The van der Waals surface area contributed by atoms with Gasteiger partial charge in [0, 0.05) is 0 Å². The van der Waals surface area contributed by atoms with Gasteiger partial charge in [0.25, 0.3) is 0 Å². The van der Waals surface area contributed by atoms with Crippen molar-refractivity contribution in [2.45, 2.75) is 0 Å². The normalized spacial score (nSPS) is 5.33. The fourth-order valence-electron chi connectivity index (χ4n) is 0. The highest BCUT2D eigenvalue weighted by atomic mass is 28.1. The molecule has 0 aliphatic carbocycles. The molecular formula is C2H10N2O4Si. The Morgan fingerprint density at radius 2 is 1.00 bits per heavy atom. The zero-order chi connectivity index (χ0) is 7.15. The van der Waals surface area contributed by atoms with Gasteiger partial charge in [0.1, 0.15) is 0 Å². The molecule has 0 rings (SSSR count). The SMILES string of the molecule is NC(=O)O.NC(=O)O.[SiH4]. The van der Waals surface area contributed by atoms with E-state index in [0.29, 0.717) is 0 Å². The van der Waals surface area contributed by atoms with Crippen LogP contribution >= 0.6 is 0 Å². The van der Waals surface area contributed by atoms with Crippen molar-refractivity contribution < 1.29 is 19.8 Å². The molecule has 0 saturated heterocycles. The van der Waals surface area contributed by atoms with Crippen LogP contribution in [0.3, 0.4) is 0 Å². The topological polar surface area (TPSA) is 127 Å². The van der Waals surface area contributed by atoms with Crippen LogP contribution in [0.25, 0.3) is 0 Å². The first kappa shape index (κ1) is 15.7. The molecule has 0 aromatic carbocycles. The Hall–Kier alpha value is -1.24. The van der Waals surface area contributed by atoms with Gasteiger partial charge in [-0.2, -0.15) is 0 Å². The highest BCUT2D eigenvalue weighted by Gasteiger charge is 1.65. The molecule has 0 spiro atoms. The van der Waals surface area contributed by atoms with Gasteiger partial charge in [-0.25, -0.2) is 9.59 Å². The third-order valence-corrected chi connectivity index (χ3v) is 0. The Bertz CT molecular complexity index is 74.6. The molecule has 6 N–H and O–H groups in total. The molecule has 9 heavy (non-hydrogen) atoms. The van der Waals surface area contributed by atoms with Gasteiger partial charge in [0.05, 0.1) is 0 Å². The van der Waals surface area contributed by atoms with Crippen molar-refractivity contribution in [3.05, 3.63) is 0 Å². The van der Waals surface area contributed by atoms with Crippen LogP contribution in [0.1, 0.15) is 0 Å². The lowest BCUT2D eigenvalue weighted by Gasteiger charge is -1.61. The summed E-state index contributed by atoms with van der Waals surface area (Å²) in [5, 5.41) is 14.4. The summed E-state index contributed by atoms with van der Waals surface area (Å²) < 4.78 is 0. The number of hydrogen-bond acceptors (Lipinski definition) is 2. The lowest BCUT2D eigenvalue weighted by molar-refractivity contribution is 0.204. The highest BCUT2D eigenvalue weighted by Crippen LogP contribution is 1.35. The summed E-state index contributed by atoms with van der Waals surface area (Å²) in [5.74, 6) is 0. The van der Waals surface area contributed by atoms with Crippen LogP contribution in [-0.4, -0.2) is 33.4 Å². The summed E-state index contributed by atoms with van der Waals surface area (Å²) >= 11 is 0. The Balaban J connectivity index is -0.0000000720. The van der Waals surface area contributed by atoms with Gasteiger partial charge >= 0.3 is 12.2 Å². The molecule has 0 atom stereocenters. The number of carboxylic acid groups (broad SMARTS) is 2. The highest BCUT2D eigenvalue weighted by molar-refractivity contribution is 5.75. The average molecular weight is 154 g/mol. The molecule has 0 aliphatic rings. The van der Waals surface area contributed by atoms with E-state index in [2.05, 4.69) is 11.5 Å². The fourth-order valence-corrected chi connectivity index (χ4v) is 0. The van der Waals surface area contributed by atoms with E-state index in [-0.39, 0.29) is 11.0 Å². The van der Waals surface area contributed by atoms with E-state index in [0.717, 1.165) is 0 Å². The van der Waals surface area contributed by atoms with Crippen molar-refractivity contribution in [3.63, 3.8) is 0 Å². The first-order valence-electron chi connectivity index (χ1n) is 1.43. The number of nitrogens with two attached hydrogens (primary N) is 2. The van der Waals surface area contributed by atoms with Gasteiger partial charge in [-0.05, 0) is 11.0 Å². The fraction of sp³-hybridized carbons (Fsp3) is 0. The van der Waals surface area contributed by atoms with Crippen LogP contribution in [0.2, 0.25) is 0 Å². The van der Waals surface area contributed by atoms with Crippen molar-refractivity contribution in [1.82, 2.24) is 0 Å². The minimum absolute atomic E-state index is 0. The number of primary amides is 2. The second kappa shape index (κ2) is 9.90. The molecule has 0 aliphatic heterocycles. The largest absolute Gasteiger partial charge is 0.465 e. The second-order valence-electron chi connectivity index (χ2n) is 0.676. The maximum absolute atomic E-state index is 8.78. The Kier molecular flexibility index (Phi) is 17.2. The summed E-state index contributed by atoms with van der Waals surface area (Å²) in [6.45, 7) is 0. The third kappa shape index (κ3) is 98.9. The third-order valence-electron chi connectivity index (χ3n) is 0. The number of carbonyl (C=O) groups is 2. The first-order chi connectivity index (χ1) is 3.46. The average Bonchev–Trinajstić information content (AvgIpc) is 1.25. The molecule has 0 unspecified atom stereocenters. The monoisotopic (exact) mass is 154 g/mol. The Labute approximate surface area is 55.5 Å². The molecule has 7 heteroatoms. The number of rotatable bonds is 0. The summed E-state index contributed by atoms with van der Waals surface area (Å²) in [4.78, 5) is 17.6. The molecule has 0 saturated carbocycles. The minimum atomic E-state index is -1.33. The quantitative estimate of drug-likeness (QED) is 0.295. The predicted octanol–water partition coefficient (Wildman–Crippen LogP) is -2.21. The lowest BCUT2D eigenvalue weighted by atomic mass is 11.3. The molecular weight excluding hydrogens is 144 g/mol. The van der Waals surface area contributed by atoms with E-state index in [1.807, 2.05) is 0 Å². The zero-order valence-corrected chi connectivity index (χ0v) is 3.87. The van der Waals surface area contributed by atoms with E-state index < -0.39 is 12.2 Å². The Morgan fingerprint density at radius 1 is 1.00 bits per heavy atom. The van der Waals surface area contributed by atoms with Crippen molar-refractivity contribution in [2.75, 3.05) is 0 Å². The van der Waals surface area contributed by atoms with Gasteiger partial charge in [-0.15, -0.1) is 0 Å². The van der Waals surface area contributed by atoms with Crippen molar-refractivity contribution in [1.29, 1.82) is 0 Å². The molecule has 0 radical (unpaired) electrons. The van der Waals surface area contributed by atoms with E-state index in [4.69, 9.17) is 19.8 Å². The maximum atomic E-state index is 8.78. The van der Waals surface area contributed by atoms with Crippen LogP contribution in [0.15, 0.2) is 0 Å². The maximum Gasteiger partial charge on any atom is 0.402 e. The second-order valence-corrected chi connectivity index (χ2v) is 0.676. The van der Waals surface area contributed by atoms with Crippen molar-refractivity contribution in [2.24, 2.45) is 11.5 Å². The molecule has 0 aromatic rings. The van der Waals surface area contributed by atoms with Crippen LogP contribution in [0, 0.1) is 0 Å². The molecule has 56 valence electrons. The van der Waals surface area contributed by atoms with Gasteiger partial charge in [0.15, 0.2) is 0 Å². The zero-order valence-electron chi connectivity index (χ0n) is 3.87. The minimum Gasteiger partial charge on any atom is -0.465 e. The van der Waals surface area contributed by atoms with E-state index in [1.54, 1.807) is 0 Å². The summed E-state index contributed by atoms with van der Waals surface area (Å²) in [6, 6.07) is 0. The summed E-state index contributed by atoms with van der Waals surface area (Å²) in [7, 11) is 0. The van der Waals surface area contributed by atoms with E-state index >= 15 is 0 Å². The standard InChI is InChI=1S/2CH3NO2.H4Si/c2*2-1(3)4;/h2*2H2,(H,3,4);1H4. The Morgan fingerprint density at radius 3 is 1.00 bits per heavy atom. The molecule has 6 nitrogen and oxygen atoms in total. The van der Waals surface area contributed by atoms with Crippen molar-refractivity contribution >= 4 is 23.2 Å². The van der Waals surface area contributed by atoms with E-state index in [9.17, 15) is 0 Å². The van der Waals surface area contributed by atoms with E-state index in [1.165, 1.54) is 0 Å².